The molecule has 3 atom stereocenters. The van der Waals surface area contributed by atoms with Gasteiger partial charge < -0.3 is 35.4 Å². The number of ether oxygens (including phenoxy) is 1. The molecule has 0 radical (unpaired) electrons. The summed E-state index contributed by atoms with van der Waals surface area (Å²) in [6.07, 6.45) is 1.29. The molecular formula is C39H44N6O5. The van der Waals surface area contributed by atoms with Gasteiger partial charge in [0.25, 0.3) is 5.91 Å². The van der Waals surface area contributed by atoms with Crippen LogP contribution in [0.4, 0.5) is 10.5 Å². The van der Waals surface area contributed by atoms with Gasteiger partial charge in [-0.15, -0.1) is 0 Å². The number of nitrogens with zero attached hydrogens (tertiary/aromatic N) is 3. The van der Waals surface area contributed by atoms with Crippen LogP contribution in [-0.4, -0.2) is 104 Å². The van der Waals surface area contributed by atoms with E-state index in [2.05, 4.69) is 16.0 Å². The normalized spacial score (nSPS) is 19.8. The first kappa shape index (κ1) is 34.4. The van der Waals surface area contributed by atoms with E-state index in [1.165, 1.54) is 0 Å². The van der Waals surface area contributed by atoms with E-state index < -0.39 is 6.04 Å². The van der Waals surface area contributed by atoms with Gasteiger partial charge in [0.05, 0.1) is 18.6 Å². The fourth-order valence-corrected chi connectivity index (χ4v) is 6.74. The third-order valence-electron chi connectivity index (χ3n) is 9.21. The minimum absolute atomic E-state index is 0.126. The Kier molecular flexibility index (Phi) is 10.6. The molecule has 2 heterocycles. The molecule has 5 amide bonds. The molecule has 2 bridgehead atoms. The van der Waals surface area contributed by atoms with E-state index in [0.717, 1.165) is 21.9 Å². The molecule has 0 unspecified atom stereocenters. The third kappa shape index (κ3) is 8.23. The second kappa shape index (κ2) is 15.4. The van der Waals surface area contributed by atoms with Crippen LogP contribution in [0.3, 0.4) is 0 Å². The maximum atomic E-state index is 14.3. The van der Waals surface area contributed by atoms with Crippen LogP contribution < -0.4 is 20.7 Å². The number of amides is 5. The lowest BCUT2D eigenvalue weighted by Gasteiger charge is -2.30. The molecule has 0 saturated carbocycles. The molecule has 260 valence electrons. The highest BCUT2D eigenvalue weighted by Gasteiger charge is 2.39. The second-order valence-corrected chi connectivity index (χ2v) is 13.4. The van der Waals surface area contributed by atoms with Crippen LogP contribution in [0.1, 0.15) is 29.6 Å². The molecule has 1 saturated heterocycles. The van der Waals surface area contributed by atoms with Crippen LogP contribution >= 0.6 is 0 Å². The van der Waals surface area contributed by atoms with E-state index in [4.69, 9.17) is 4.74 Å². The Morgan fingerprint density at radius 3 is 2.46 bits per heavy atom. The average Bonchev–Trinajstić information content (AvgIpc) is 3.51. The van der Waals surface area contributed by atoms with E-state index in [0.29, 0.717) is 42.8 Å². The van der Waals surface area contributed by atoms with Crippen molar-refractivity contribution < 1.29 is 23.9 Å². The first-order chi connectivity index (χ1) is 24.1. The van der Waals surface area contributed by atoms with Crippen molar-refractivity contribution in [3.05, 3.63) is 96.6 Å². The minimum Gasteiger partial charge on any atom is -0.491 e. The number of hydrogen-bond acceptors (Lipinski definition) is 6. The highest BCUT2D eigenvalue weighted by molar-refractivity contribution is 5.96. The number of rotatable bonds is 5. The van der Waals surface area contributed by atoms with E-state index in [9.17, 15) is 19.2 Å². The van der Waals surface area contributed by atoms with Gasteiger partial charge >= 0.3 is 6.03 Å². The molecule has 0 aromatic heterocycles. The fourth-order valence-electron chi connectivity index (χ4n) is 6.74. The first-order valence-corrected chi connectivity index (χ1v) is 17.0. The summed E-state index contributed by atoms with van der Waals surface area (Å²) in [7, 11) is 5.33. The van der Waals surface area contributed by atoms with E-state index in [1.54, 1.807) is 41.9 Å². The molecule has 2 aliphatic rings. The Labute approximate surface area is 292 Å². The summed E-state index contributed by atoms with van der Waals surface area (Å²) in [6, 6.07) is 26.9. The predicted molar refractivity (Wildman–Crippen MR) is 194 cm³/mol. The Hall–Kier alpha value is -5.42. The van der Waals surface area contributed by atoms with Crippen LogP contribution in [-0.2, 0) is 9.59 Å². The quantitative estimate of drug-likeness (QED) is 0.284. The molecule has 11 heteroatoms. The molecule has 50 heavy (non-hydrogen) atoms. The van der Waals surface area contributed by atoms with Gasteiger partial charge in [0.1, 0.15) is 18.4 Å². The standard InChI is InChI=1S/C39H44N6O5/c1-43(2)24-36(46)42-34-15-9-19-44(3)37(47)29-13-8-12-28(20-29)33-14-6-7-16-35(33)50-25-32-22-31(23-45(32)38(34)48)41-39(49)40-30-18-17-26-10-4-5-11-27(26)21-30/h4-8,10-14,16-18,20-21,31-32,34H,9,15,19,22-25H2,1-3H3,(H,42,46)(H2,40,41,49)/t31-,32-,34-/m0/s1. The third-order valence-corrected chi connectivity index (χ3v) is 9.21. The van der Waals surface area contributed by atoms with E-state index in [-0.39, 0.29) is 55.5 Å². The molecule has 0 spiro atoms. The first-order valence-electron chi connectivity index (χ1n) is 17.0. The number of urea groups is 1. The van der Waals surface area contributed by atoms with Crippen LogP contribution in [0.25, 0.3) is 21.9 Å². The zero-order valence-corrected chi connectivity index (χ0v) is 28.7. The number of fused-ring (bicyclic) bond motifs is 6. The molecule has 4 aromatic rings. The van der Waals surface area contributed by atoms with Gasteiger partial charge in [0.15, 0.2) is 0 Å². The maximum Gasteiger partial charge on any atom is 0.319 e. The summed E-state index contributed by atoms with van der Waals surface area (Å²) in [5, 5.41) is 11.0. The lowest BCUT2D eigenvalue weighted by atomic mass is 10.0. The highest BCUT2D eigenvalue weighted by Crippen LogP contribution is 2.32. The molecular weight excluding hydrogens is 632 g/mol. The Bertz CT molecular complexity index is 1880. The number of para-hydroxylation sites is 1. The minimum atomic E-state index is -0.817. The van der Waals surface area contributed by atoms with E-state index in [1.807, 2.05) is 84.9 Å². The van der Waals surface area contributed by atoms with Crippen molar-refractivity contribution in [3.8, 4) is 16.9 Å². The number of benzene rings is 4. The molecule has 1 fully saturated rings. The molecule has 0 aliphatic carbocycles. The Balaban J connectivity index is 1.26. The van der Waals surface area contributed by atoms with Crippen LogP contribution in [0.5, 0.6) is 5.75 Å². The summed E-state index contributed by atoms with van der Waals surface area (Å²) >= 11 is 0. The van der Waals surface area contributed by atoms with Crippen molar-refractivity contribution in [2.24, 2.45) is 0 Å². The number of carbonyl (C=O) groups is 4. The molecule has 2 aliphatic heterocycles. The van der Waals surface area contributed by atoms with Gasteiger partial charge in [-0.3, -0.25) is 14.4 Å². The summed E-state index contributed by atoms with van der Waals surface area (Å²) in [4.78, 5) is 59.1. The topological polar surface area (TPSA) is 123 Å². The van der Waals surface area contributed by atoms with Crippen molar-refractivity contribution in [1.82, 2.24) is 25.3 Å². The van der Waals surface area contributed by atoms with Gasteiger partial charge in [-0.1, -0.05) is 60.7 Å². The van der Waals surface area contributed by atoms with Crippen LogP contribution in [0.15, 0.2) is 91.0 Å². The lowest BCUT2D eigenvalue weighted by Crippen LogP contribution is -2.53. The van der Waals surface area contributed by atoms with Crippen molar-refractivity contribution in [2.45, 2.75) is 37.4 Å². The molecule has 3 N–H and O–H groups in total. The summed E-state index contributed by atoms with van der Waals surface area (Å²) in [5.41, 5.74) is 2.89. The van der Waals surface area contributed by atoms with Gasteiger partial charge in [-0.05, 0) is 80.0 Å². The molecule has 11 nitrogen and oxygen atoms in total. The van der Waals surface area contributed by atoms with E-state index >= 15 is 0 Å². The van der Waals surface area contributed by atoms with Crippen molar-refractivity contribution in [2.75, 3.05) is 52.7 Å². The zero-order chi connectivity index (χ0) is 35.2. The lowest BCUT2D eigenvalue weighted by molar-refractivity contribution is -0.138. The highest BCUT2D eigenvalue weighted by atomic mass is 16.5. The predicted octanol–water partition coefficient (Wildman–Crippen LogP) is 4.59. The summed E-state index contributed by atoms with van der Waals surface area (Å²) in [6.45, 7) is 0.951. The molecule has 4 aromatic carbocycles. The van der Waals surface area contributed by atoms with Crippen LogP contribution in [0, 0.1) is 0 Å². The number of carbonyl (C=O) groups excluding carboxylic acids is 4. The monoisotopic (exact) mass is 676 g/mol. The zero-order valence-electron chi connectivity index (χ0n) is 28.7. The van der Waals surface area contributed by atoms with Crippen molar-refractivity contribution >= 4 is 40.2 Å². The summed E-state index contributed by atoms with van der Waals surface area (Å²) < 4.78 is 6.44. The Morgan fingerprint density at radius 1 is 0.880 bits per heavy atom. The fraction of sp³-hybridized carbons (Fsp3) is 0.333. The molecule has 6 rings (SSSR count). The number of likely N-dealkylation sites (N-methyl/N-ethyl adjacent to an activating group) is 1. The van der Waals surface area contributed by atoms with Gasteiger partial charge in [-0.2, -0.15) is 0 Å². The number of hydrogen-bond donors (Lipinski definition) is 3. The summed E-state index contributed by atoms with van der Waals surface area (Å²) in [5.74, 6) is -0.0301. The smallest absolute Gasteiger partial charge is 0.319 e. The van der Waals surface area contributed by atoms with Gasteiger partial charge in [0.2, 0.25) is 11.8 Å². The second-order valence-electron chi connectivity index (χ2n) is 13.4. The average molecular weight is 677 g/mol. The number of nitrogens with one attached hydrogen (secondary N) is 3. The SMILES string of the molecule is CN(C)CC(=O)N[C@H]1CCCN(C)C(=O)c2cccc(c2)-c2ccccc2OC[C@@H]2C[C@H](NC(=O)Nc3ccc4ccccc4c3)CN2C1=O. The largest absolute Gasteiger partial charge is 0.491 e. The van der Waals surface area contributed by atoms with Gasteiger partial charge in [0, 0.05) is 37.0 Å². The maximum absolute atomic E-state index is 14.3. The van der Waals surface area contributed by atoms with Crippen LogP contribution in [0.2, 0.25) is 0 Å². The number of anilines is 1. The van der Waals surface area contributed by atoms with Crippen molar-refractivity contribution in [3.63, 3.8) is 0 Å². The van der Waals surface area contributed by atoms with Crippen molar-refractivity contribution in [1.29, 1.82) is 0 Å². The van der Waals surface area contributed by atoms with Gasteiger partial charge in [-0.25, -0.2) is 4.79 Å². The Morgan fingerprint density at radius 2 is 1.64 bits per heavy atom.